The summed E-state index contributed by atoms with van der Waals surface area (Å²) in [6.07, 6.45) is 0. The van der Waals surface area contributed by atoms with Gasteiger partial charge in [0.05, 0.1) is 17.7 Å². The number of aromatic hydroxyl groups is 2. The molecule has 0 saturated heterocycles. The van der Waals surface area contributed by atoms with E-state index in [9.17, 15) is 19.8 Å². The number of phenols is 2. The zero-order valence-electron chi connectivity index (χ0n) is 11.2. The molecule has 1 aliphatic rings. The lowest BCUT2D eigenvalue weighted by molar-refractivity contribution is 0.0973. The van der Waals surface area contributed by atoms with Gasteiger partial charge in [-0.05, 0) is 30.7 Å². The summed E-state index contributed by atoms with van der Waals surface area (Å²) in [5.74, 6) is -1.76. The van der Waals surface area contributed by atoms with Crippen LogP contribution in [0, 0.1) is 6.92 Å². The smallest absolute Gasteiger partial charge is 0.201 e. The van der Waals surface area contributed by atoms with Crippen molar-refractivity contribution in [2.75, 3.05) is 0 Å². The second-order valence-corrected chi connectivity index (χ2v) is 5.02. The summed E-state index contributed by atoms with van der Waals surface area (Å²) in [7, 11) is 0. The third-order valence-electron chi connectivity index (χ3n) is 3.64. The largest absolute Gasteiger partial charge is 0.507 e. The first kappa shape index (κ1) is 13.3. The van der Waals surface area contributed by atoms with Crippen molar-refractivity contribution in [3.8, 4) is 11.5 Å². The normalized spacial score (nSPS) is 13.0. The topological polar surface area (TPSA) is 94.8 Å². The van der Waals surface area contributed by atoms with E-state index in [-0.39, 0.29) is 33.6 Å². The molecule has 5 nitrogen and oxygen atoms in total. The Balaban J connectivity index is 2.36. The number of hydrogen-bond acceptors (Lipinski definition) is 5. The van der Waals surface area contributed by atoms with Crippen LogP contribution in [0.1, 0.15) is 43.0 Å². The molecule has 0 amide bonds. The molecular formula is C16H12O5. The molecule has 0 atom stereocenters. The van der Waals surface area contributed by atoms with Crippen LogP contribution >= 0.6 is 0 Å². The van der Waals surface area contributed by atoms with Gasteiger partial charge in [-0.3, -0.25) is 9.59 Å². The number of carbonyl (C=O) groups is 2. The predicted octanol–water partition coefficient (Wildman–Crippen LogP) is 1.67. The summed E-state index contributed by atoms with van der Waals surface area (Å²) in [6, 6.07) is 5.74. The summed E-state index contributed by atoms with van der Waals surface area (Å²) < 4.78 is 0. The van der Waals surface area contributed by atoms with Crippen molar-refractivity contribution < 1.29 is 24.9 Å². The molecule has 0 unspecified atom stereocenters. The Kier molecular flexibility index (Phi) is 2.81. The summed E-state index contributed by atoms with van der Waals surface area (Å²) in [6.45, 7) is 1.26. The Labute approximate surface area is 120 Å². The van der Waals surface area contributed by atoms with Gasteiger partial charge in [-0.25, -0.2) is 0 Å². The van der Waals surface area contributed by atoms with E-state index < -0.39 is 23.9 Å². The van der Waals surface area contributed by atoms with E-state index in [1.54, 1.807) is 6.92 Å². The zero-order chi connectivity index (χ0) is 15.3. The van der Waals surface area contributed by atoms with Gasteiger partial charge in [-0.1, -0.05) is 6.07 Å². The number of benzene rings is 2. The third-order valence-corrected chi connectivity index (χ3v) is 3.64. The maximum absolute atomic E-state index is 12.5. The van der Waals surface area contributed by atoms with E-state index in [4.69, 9.17) is 5.11 Å². The third kappa shape index (κ3) is 1.75. The van der Waals surface area contributed by atoms with E-state index in [1.807, 2.05) is 0 Å². The van der Waals surface area contributed by atoms with Crippen molar-refractivity contribution in [3.63, 3.8) is 0 Å². The van der Waals surface area contributed by atoms with E-state index in [0.717, 1.165) is 0 Å². The molecule has 21 heavy (non-hydrogen) atoms. The van der Waals surface area contributed by atoms with Crippen LogP contribution in [0.4, 0.5) is 0 Å². The minimum absolute atomic E-state index is 0.0761. The second kappa shape index (κ2) is 4.43. The van der Waals surface area contributed by atoms with Gasteiger partial charge in [0.1, 0.15) is 11.5 Å². The molecular weight excluding hydrogens is 272 g/mol. The van der Waals surface area contributed by atoms with Gasteiger partial charge < -0.3 is 15.3 Å². The highest BCUT2D eigenvalue weighted by Crippen LogP contribution is 2.38. The number of aliphatic hydroxyl groups excluding tert-OH is 1. The number of aryl methyl sites for hydroxylation is 1. The Morgan fingerprint density at radius 1 is 0.952 bits per heavy atom. The average Bonchev–Trinajstić information content (AvgIpc) is 2.43. The molecule has 0 aliphatic heterocycles. The molecule has 3 N–H and O–H groups in total. The fraction of sp³-hybridized carbons (Fsp3) is 0.125. The lowest BCUT2D eigenvalue weighted by atomic mass is 9.81. The number of hydrogen-bond donors (Lipinski definition) is 3. The van der Waals surface area contributed by atoms with E-state index in [0.29, 0.717) is 5.56 Å². The maximum Gasteiger partial charge on any atom is 0.201 e. The van der Waals surface area contributed by atoms with Crippen molar-refractivity contribution in [1.82, 2.24) is 0 Å². The molecule has 0 fully saturated rings. The van der Waals surface area contributed by atoms with Crippen LogP contribution in [0.25, 0.3) is 0 Å². The molecule has 0 radical (unpaired) electrons. The van der Waals surface area contributed by atoms with Crippen LogP contribution in [-0.2, 0) is 6.61 Å². The number of carbonyl (C=O) groups excluding carboxylic acids is 2. The van der Waals surface area contributed by atoms with Crippen molar-refractivity contribution in [2.45, 2.75) is 13.5 Å². The number of rotatable bonds is 1. The van der Waals surface area contributed by atoms with Crippen molar-refractivity contribution in [1.29, 1.82) is 0 Å². The summed E-state index contributed by atoms with van der Waals surface area (Å²) in [5.41, 5.74) is 0.743. The monoisotopic (exact) mass is 284 g/mol. The predicted molar refractivity (Wildman–Crippen MR) is 73.7 cm³/mol. The molecule has 2 aromatic rings. The Morgan fingerprint density at radius 2 is 1.67 bits per heavy atom. The standard InChI is InChI=1S/C16H12O5/c1-7-4-10-12(11(18)5-7)16(21)13-9(15(10)20)3-2-8(6-17)14(13)19/h2-5,17-19H,6H2,1H3. The van der Waals surface area contributed by atoms with Gasteiger partial charge in [0.2, 0.25) is 5.78 Å². The first-order chi connectivity index (χ1) is 9.95. The van der Waals surface area contributed by atoms with Crippen LogP contribution in [0.2, 0.25) is 0 Å². The van der Waals surface area contributed by atoms with Crippen molar-refractivity contribution in [2.24, 2.45) is 0 Å². The van der Waals surface area contributed by atoms with E-state index in [1.165, 1.54) is 24.3 Å². The van der Waals surface area contributed by atoms with Gasteiger partial charge in [0.25, 0.3) is 0 Å². The minimum atomic E-state index is -0.620. The molecule has 0 aromatic heterocycles. The molecule has 106 valence electrons. The van der Waals surface area contributed by atoms with Gasteiger partial charge in [-0.2, -0.15) is 0 Å². The van der Waals surface area contributed by atoms with Gasteiger partial charge in [-0.15, -0.1) is 0 Å². The molecule has 3 rings (SSSR count). The summed E-state index contributed by atoms with van der Waals surface area (Å²) in [4.78, 5) is 25.0. The van der Waals surface area contributed by atoms with E-state index >= 15 is 0 Å². The lowest BCUT2D eigenvalue weighted by Gasteiger charge is -2.20. The number of aliphatic hydroxyl groups is 1. The van der Waals surface area contributed by atoms with Crippen LogP contribution < -0.4 is 0 Å². The molecule has 0 heterocycles. The second-order valence-electron chi connectivity index (χ2n) is 5.02. The molecule has 0 spiro atoms. The van der Waals surface area contributed by atoms with Crippen LogP contribution in [0.15, 0.2) is 24.3 Å². The first-order valence-electron chi connectivity index (χ1n) is 6.34. The Morgan fingerprint density at radius 3 is 2.33 bits per heavy atom. The highest BCUT2D eigenvalue weighted by Gasteiger charge is 2.35. The zero-order valence-corrected chi connectivity index (χ0v) is 11.2. The van der Waals surface area contributed by atoms with Crippen molar-refractivity contribution in [3.05, 3.63) is 57.6 Å². The lowest BCUT2D eigenvalue weighted by Crippen LogP contribution is -2.22. The number of ketones is 2. The summed E-state index contributed by atoms with van der Waals surface area (Å²) >= 11 is 0. The molecule has 5 heteroatoms. The highest BCUT2D eigenvalue weighted by atomic mass is 16.3. The quantitative estimate of drug-likeness (QED) is 0.632. The van der Waals surface area contributed by atoms with Gasteiger partial charge in [0.15, 0.2) is 5.78 Å². The van der Waals surface area contributed by atoms with Crippen LogP contribution in [0.3, 0.4) is 0 Å². The Bertz CT molecular complexity index is 805. The minimum Gasteiger partial charge on any atom is -0.507 e. The van der Waals surface area contributed by atoms with Gasteiger partial charge in [0, 0.05) is 16.7 Å². The van der Waals surface area contributed by atoms with E-state index in [2.05, 4.69) is 0 Å². The average molecular weight is 284 g/mol. The Hall–Kier alpha value is -2.66. The number of phenolic OH excluding ortho intramolecular Hbond substituents is 1. The molecule has 0 saturated carbocycles. The van der Waals surface area contributed by atoms with Gasteiger partial charge >= 0.3 is 0 Å². The molecule has 0 bridgehead atoms. The molecule has 2 aromatic carbocycles. The number of fused-ring (bicyclic) bond motifs is 2. The summed E-state index contributed by atoms with van der Waals surface area (Å²) in [5, 5.41) is 29.2. The maximum atomic E-state index is 12.5. The molecule has 1 aliphatic carbocycles. The van der Waals surface area contributed by atoms with Crippen molar-refractivity contribution >= 4 is 11.6 Å². The highest BCUT2D eigenvalue weighted by molar-refractivity contribution is 6.30. The fourth-order valence-corrected chi connectivity index (χ4v) is 2.64. The fourth-order valence-electron chi connectivity index (χ4n) is 2.64. The SMILES string of the molecule is Cc1cc(O)c2c(c1)C(=O)c1ccc(CO)c(O)c1C2=O. The van der Waals surface area contributed by atoms with Crippen LogP contribution in [-0.4, -0.2) is 26.9 Å². The first-order valence-corrected chi connectivity index (χ1v) is 6.34. The van der Waals surface area contributed by atoms with Crippen LogP contribution in [0.5, 0.6) is 11.5 Å².